The standard InChI is InChI=1S/C28H33NO3/c1-19(2)25-16-23(10-11-27(25)30)17-26-20(3)14-24(15-21(26)4)32-18-28(31)29-13-12-22-8-6-5-7-9-22/h5-11,14-16,19,30H,12-13,17-18H2,1-4H3,(H,29,31). The van der Waals surface area contributed by atoms with Gasteiger partial charge in [0.15, 0.2) is 6.61 Å². The van der Waals surface area contributed by atoms with E-state index in [2.05, 4.69) is 51.2 Å². The summed E-state index contributed by atoms with van der Waals surface area (Å²) in [6.45, 7) is 8.90. The maximum Gasteiger partial charge on any atom is 0.257 e. The molecule has 0 saturated heterocycles. The molecule has 0 aliphatic carbocycles. The molecule has 0 spiro atoms. The Morgan fingerprint density at radius 2 is 1.66 bits per heavy atom. The number of hydrogen-bond acceptors (Lipinski definition) is 3. The van der Waals surface area contributed by atoms with Crippen molar-refractivity contribution < 1.29 is 14.6 Å². The van der Waals surface area contributed by atoms with Gasteiger partial charge in [0.1, 0.15) is 11.5 Å². The highest BCUT2D eigenvalue weighted by Crippen LogP contribution is 2.29. The fraction of sp³-hybridized carbons (Fsp3) is 0.321. The minimum absolute atomic E-state index is 0.00271. The molecule has 3 rings (SSSR count). The van der Waals surface area contributed by atoms with Gasteiger partial charge >= 0.3 is 0 Å². The van der Waals surface area contributed by atoms with Crippen LogP contribution >= 0.6 is 0 Å². The third kappa shape index (κ3) is 6.36. The maximum absolute atomic E-state index is 12.1. The van der Waals surface area contributed by atoms with E-state index in [1.54, 1.807) is 6.07 Å². The number of aromatic hydroxyl groups is 1. The van der Waals surface area contributed by atoms with Gasteiger partial charge in [-0.15, -0.1) is 0 Å². The molecule has 0 bridgehead atoms. The maximum atomic E-state index is 12.1. The Kier molecular flexibility index (Phi) is 7.93. The van der Waals surface area contributed by atoms with E-state index >= 15 is 0 Å². The summed E-state index contributed by atoms with van der Waals surface area (Å²) in [5.74, 6) is 1.20. The number of phenols is 1. The molecule has 0 aliphatic rings. The van der Waals surface area contributed by atoms with Gasteiger partial charge < -0.3 is 15.2 Å². The average Bonchev–Trinajstić information content (AvgIpc) is 2.76. The van der Waals surface area contributed by atoms with Gasteiger partial charge in [-0.3, -0.25) is 4.79 Å². The number of aryl methyl sites for hydroxylation is 2. The molecule has 3 aromatic rings. The van der Waals surface area contributed by atoms with Crippen molar-refractivity contribution in [1.29, 1.82) is 0 Å². The smallest absolute Gasteiger partial charge is 0.257 e. The number of amides is 1. The Balaban J connectivity index is 1.57. The second kappa shape index (κ2) is 10.9. The molecule has 0 atom stereocenters. The molecule has 0 aliphatic heterocycles. The van der Waals surface area contributed by atoms with Gasteiger partial charge in [0.2, 0.25) is 0 Å². The highest BCUT2D eigenvalue weighted by molar-refractivity contribution is 5.77. The molecule has 0 unspecified atom stereocenters. The van der Waals surface area contributed by atoms with Gasteiger partial charge in [0, 0.05) is 6.54 Å². The normalized spacial score (nSPS) is 10.9. The van der Waals surface area contributed by atoms with Crippen molar-refractivity contribution >= 4 is 5.91 Å². The van der Waals surface area contributed by atoms with E-state index in [-0.39, 0.29) is 18.4 Å². The van der Waals surface area contributed by atoms with Gasteiger partial charge in [-0.05, 0) is 84.2 Å². The highest BCUT2D eigenvalue weighted by Gasteiger charge is 2.11. The molecule has 0 saturated carbocycles. The van der Waals surface area contributed by atoms with E-state index in [9.17, 15) is 9.90 Å². The zero-order valence-corrected chi connectivity index (χ0v) is 19.4. The van der Waals surface area contributed by atoms with Crippen LogP contribution in [0.25, 0.3) is 0 Å². The Bertz CT molecular complexity index is 1030. The first-order valence-electron chi connectivity index (χ1n) is 11.2. The molecule has 32 heavy (non-hydrogen) atoms. The van der Waals surface area contributed by atoms with Crippen LogP contribution < -0.4 is 10.1 Å². The fourth-order valence-corrected chi connectivity index (χ4v) is 3.89. The molecule has 168 valence electrons. The third-order valence-corrected chi connectivity index (χ3v) is 5.71. The number of rotatable bonds is 9. The van der Waals surface area contributed by atoms with Crippen LogP contribution in [0.15, 0.2) is 60.7 Å². The quantitative estimate of drug-likeness (QED) is 0.473. The van der Waals surface area contributed by atoms with Crippen LogP contribution in [0.2, 0.25) is 0 Å². The van der Waals surface area contributed by atoms with Crippen LogP contribution in [0.4, 0.5) is 0 Å². The third-order valence-electron chi connectivity index (χ3n) is 5.71. The molecular formula is C28H33NO3. The van der Waals surface area contributed by atoms with Crippen LogP contribution in [0, 0.1) is 13.8 Å². The molecule has 3 aromatic carbocycles. The Morgan fingerprint density at radius 1 is 0.969 bits per heavy atom. The SMILES string of the molecule is Cc1cc(OCC(=O)NCCc2ccccc2)cc(C)c1Cc1ccc(O)c(C(C)C)c1. The zero-order chi connectivity index (χ0) is 23.1. The molecule has 0 aromatic heterocycles. The van der Waals surface area contributed by atoms with Crippen molar-refractivity contribution in [3.05, 3.63) is 94.0 Å². The van der Waals surface area contributed by atoms with Crippen LogP contribution in [-0.4, -0.2) is 24.2 Å². The van der Waals surface area contributed by atoms with Gasteiger partial charge in [-0.25, -0.2) is 0 Å². The second-order valence-electron chi connectivity index (χ2n) is 8.63. The van der Waals surface area contributed by atoms with E-state index < -0.39 is 0 Å². The zero-order valence-electron chi connectivity index (χ0n) is 19.4. The summed E-state index contributed by atoms with van der Waals surface area (Å²) in [4.78, 5) is 12.1. The summed E-state index contributed by atoms with van der Waals surface area (Å²) in [6, 6.07) is 19.9. The van der Waals surface area contributed by atoms with Gasteiger partial charge in [-0.2, -0.15) is 0 Å². The Morgan fingerprint density at radius 3 is 2.31 bits per heavy atom. The number of phenolic OH excluding ortho intramolecular Hbond substituents is 1. The summed E-state index contributed by atoms with van der Waals surface area (Å²) in [6.07, 6.45) is 1.59. The van der Waals surface area contributed by atoms with E-state index in [0.717, 1.165) is 29.5 Å². The Hall–Kier alpha value is -3.27. The van der Waals surface area contributed by atoms with Crippen molar-refractivity contribution in [3.63, 3.8) is 0 Å². The number of carbonyl (C=O) groups is 1. The van der Waals surface area contributed by atoms with Crippen LogP contribution in [0.3, 0.4) is 0 Å². The number of hydrogen-bond donors (Lipinski definition) is 2. The van der Waals surface area contributed by atoms with Gasteiger partial charge in [-0.1, -0.05) is 56.3 Å². The lowest BCUT2D eigenvalue weighted by molar-refractivity contribution is -0.123. The van der Waals surface area contributed by atoms with E-state index in [0.29, 0.717) is 18.0 Å². The Labute approximate surface area is 191 Å². The van der Waals surface area contributed by atoms with Crippen LogP contribution in [0.5, 0.6) is 11.5 Å². The molecule has 0 radical (unpaired) electrons. The second-order valence-corrected chi connectivity index (χ2v) is 8.63. The average molecular weight is 432 g/mol. The predicted octanol–water partition coefficient (Wildman–Crippen LogP) is 5.46. The molecule has 0 fully saturated rings. The largest absolute Gasteiger partial charge is 0.508 e. The monoisotopic (exact) mass is 431 g/mol. The molecule has 1 amide bonds. The van der Waals surface area contributed by atoms with Gasteiger partial charge in [0.25, 0.3) is 5.91 Å². The number of nitrogens with one attached hydrogen (secondary N) is 1. The lowest BCUT2D eigenvalue weighted by Crippen LogP contribution is -2.30. The topological polar surface area (TPSA) is 58.6 Å². The molecule has 0 heterocycles. The summed E-state index contributed by atoms with van der Waals surface area (Å²) in [5, 5.41) is 13.0. The van der Waals surface area contributed by atoms with E-state index in [1.165, 1.54) is 16.7 Å². The van der Waals surface area contributed by atoms with Crippen molar-refractivity contribution in [1.82, 2.24) is 5.32 Å². The summed E-state index contributed by atoms with van der Waals surface area (Å²) in [5.41, 5.74) is 6.84. The fourth-order valence-electron chi connectivity index (χ4n) is 3.89. The number of carbonyl (C=O) groups excluding carboxylic acids is 1. The van der Waals surface area contributed by atoms with E-state index in [4.69, 9.17) is 4.74 Å². The molecule has 4 nitrogen and oxygen atoms in total. The molecule has 2 N–H and O–H groups in total. The first-order valence-corrected chi connectivity index (χ1v) is 11.2. The summed E-state index contributed by atoms with van der Waals surface area (Å²) in [7, 11) is 0. The lowest BCUT2D eigenvalue weighted by Gasteiger charge is -2.15. The highest BCUT2D eigenvalue weighted by atomic mass is 16.5. The summed E-state index contributed by atoms with van der Waals surface area (Å²) >= 11 is 0. The molecule has 4 heteroatoms. The van der Waals surface area contributed by atoms with Crippen LogP contribution in [-0.2, 0) is 17.6 Å². The van der Waals surface area contributed by atoms with Crippen molar-refractivity contribution in [2.75, 3.05) is 13.2 Å². The van der Waals surface area contributed by atoms with Crippen molar-refractivity contribution in [2.45, 2.75) is 46.5 Å². The first-order chi connectivity index (χ1) is 15.3. The van der Waals surface area contributed by atoms with Crippen molar-refractivity contribution in [3.8, 4) is 11.5 Å². The number of ether oxygens (including phenoxy) is 1. The minimum Gasteiger partial charge on any atom is -0.508 e. The molecular weight excluding hydrogens is 398 g/mol. The predicted molar refractivity (Wildman–Crippen MR) is 130 cm³/mol. The van der Waals surface area contributed by atoms with Crippen molar-refractivity contribution in [2.24, 2.45) is 0 Å². The van der Waals surface area contributed by atoms with Gasteiger partial charge in [0.05, 0.1) is 0 Å². The lowest BCUT2D eigenvalue weighted by atomic mass is 9.93. The number of benzene rings is 3. The minimum atomic E-state index is -0.120. The van der Waals surface area contributed by atoms with Crippen LogP contribution in [0.1, 0.15) is 53.1 Å². The van der Waals surface area contributed by atoms with E-state index in [1.807, 2.05) is 36.4 Å². The summed E-state index contributed by atoms with van der Waals surface area (Å²) < 4.78 is 5.76. The first kappa shape index (κ1) is 23.4.